The van der Waals surface area contributed by atoms with Crippen molar-refractivity contribution < 1.29 is 0 Å². The summed E-state index contributed by atoms with van der Waals surface area (Å²) in [5.41, 5.74) is 13.2. The van der Waals surface area contributed by atoms with Gasteiger partial charge in [-0.05, 0) is 106 Å². The Balaban J connectivity index is 2.07. The van der Waals surface area contributed by atoms with E-state index in [-0.39, 0.29) is 45.9 Å². The molecule has 2 nitrogen and oxygen atoms in total. The van der Waals surface area contributed by atoms with Crippen molar-refractivity contribution in [2.45, 2.75) is 174 Å². The van der Waals surface area contributed by atoms with E-state index in [1.807, 2.05) is 11.3 Å². The van der Waals surface area contributed by atoms with Gasteiger partial charge in [-0.3, -0.25) is 0 Å². The molecule has 1 aliphatic heterocycles. The number of nitrogens with one attached hydrogen (secondary N) is 1. The number of thiophene rings is 1. The molecule has 0 spiro atoms. The third-order valence-electron chi connectivity index (χ3n) is 12.3. The number of rotatable bonds is 13. The molecule has 57 heavy (non-hydrogen) atoms. The third kappa shape index (κ3) is 11.7. The van der Waals surface area contributed by atoms with Crippen molar-refractivity contribution in [3.63, 3.8) is 0 Å². The molecule has 312 valence electrons. The Morgan fingerprint density at radius 1 is 0.947 bits per heavy atom. The van der Waals surface area contributed by atoms with Crippen molar-refractivity contribution in [2.24, 2.45) is 21.7 Å². The first-order chi connectivity index (χ1) is 26.2. The van der Waals surface area contributed by atoms with E-state index in [0.29, 0.717) is 0 Å². The minimum Gasteiger partial charge on any atom is -0.349 e. The van der Waals surface area contributed by atoms with Gasteiger partial charge in [-0.2, -0.15) is 0 Å². The van der Waals surface area contributed by atoms with Crippen LogP contribution < -0.4 is 10.8 Å². The van der Waals surface area contributed by atoms with Gasteiger partial charge in [-0.15, -0.1) is 17.9 Å². The molecule has 4 rings (SSSR count). The van der Waals surface area contributed by atoms with Gasteiger partial charge in [0.05, 0.1) is 0 Å². The molecule has 0 radical (unpaired) electrons. The Bertz CT molecular complexity index is 1940. The predicted octanol–water partition coefficient (Wildman–Crippen LogP) is 14.9. The van der Waals surface area contributed by atoms with Gasteiger partial charge in [0.2, 0.25) is 6.71 Å². The molecule has 4 heteroatoms. The molecule has 1 N–H and O–H groups in total. The minimum absolute atomic E-state index is 0.0477. The van der Waals surface area contributed by atoms with Crippen LogP contribution >= 0.6 is 11.3 Å². The average Bonchev–Trinajstić information content (AvgIpc) is 3.50. The topological polar surface area (TPSA) is 15.3 Å². The van der Waals surface area contributed by atoms with Gasteiger partial charge in [-0.25, -0.2) is 0 Å². The summed E-state index contributed by atoms with van der Waals surface area (Å²) in [7, 11) is 0. The van der Waals surface area contributed by atoms with Crippen LogP contribution in [-0.4, -0.2) is 30.2 Å². The van der Waals surface area contributed by atoms with Crippen LogP contribution in [0.1, 0.15) is 162 Å². The Kier molecular flexibility index (Phi) is 14.6. The van der Waals surface area contributed by atoms with Crippen molar-refractivity contribution in [1.29, 1.82) is 0 Å². The molecule has 1 aromatic carbocycles. The highest BCUT2D eigenvalue weighted by Crippen LogP contribution is 2.44. The van der Waals surface area contributed by atoms with Crippen LogP contribution in [0.5, 0.6) is 0 Å². The molecule has 1 aromatic heterocycles. The van der Waals surface area contributed by atoms with Crippen molar-refractivity contribution in [3.8, 4) is 0 Å². The summed E-state index contributed by atoms with van der Waals surface area (Å²) < 4.78 is 1.37. The monoisotopic (exact) mass is 789 g/mol. The van der Waals surface area contributed by atoms with Crippen molar-refractivity contribution >= 4 is 33.6 Å². The summed E-state index contributed by atoms with van der Waals surface area (Å²) in [6.45, 7) is 47.8. The summed E-state index contributed by atoms with van der Waals surface area (Å²) in [5, 5.41) is 8.22. The first-order valence-corrected chi connectivity index (χ1v) is 23.0. The molecule has 2 aromatic rings. The maximum atomic E-state index is 4.56. The Morgan fingerprint density at radius 3 is 2.14 bits per heavy atom. The van der Waals surface area contributed by atoms with E-state index in [0.717, 1.165) is 38.6 Å². The SMILES string of the molecule is C=C(C)CC(NC1C=C(C(C)(C)C)C(C(C)(C)C)=CC1)C1=CN(C/C=C/C(C)(C)C)C(C)=C(/C=C(\CCC)C(C)(C)CC)B1c1csc2ccc(C(C)(C)C)cc12. The highest BCUT2D eigenvalue weighted by Gasteiger charge is 2.39. The molecular weight excluding hydrogens is 707 g/mol. The van der Waals surface area contributed by atoms with Crippen LogP contribution in [0.15, 0.2) is 106 Å². The average molecular weight is 789 g/mol. The van der Waals surface area contributed by atoms with Crippen LogP contribution in [0, 0.1) is 21.7 Å². The zero-order chi connectivity index (χ0) is 42.9. The molecular formula is C53H81BN2S. The maximum Gasteiger partial charge on any atom is 0.244 e. The van der Waals surface area contributed by atoms with Gasteiger partial charge in [0, 0.05) is 29.0 Å². The van der Waals surface area contributed by atoms with E-state index in [9.17, 15) is 0 Å². The van der Waals surface area contributed by atoms with Gasteiger partial charge in [0.25, 0.3) is 0 Å². The zero-order valence-corrected chi connectivity index (χ0v) is 40.6. The van der Waals surface area contributed by atoms with Crippen molar-refractivity contribution in [3.05, 3.63) is 111 Å². The third-order valence-corrected chi connectivity index (χ3v) is 13.3. The summed E-state index contributed by atoms with van der Waals surface area (Å²) in [6.07, 6.45) is 20.3. The fourth-order valence-electron chi connectivity index (χ4n) is 8.54. The van der Waals surface area contributed by atoms with E-state index in [1.165, 1.54) is 54.5 Å². The lowest BCUT2D eigenvalue weighted by atomic mass is 9.33. The Labute approximate surface area is 355 Å². The molecule has 2 aliphatic rings. The maximum absolute atomic E-state index is 4.56. The second kappa shape index (κ2) is 17.8. The van der Waals surface area contributed by atoms with E-state index in [4.69, 9.17) is 0 Å². The molecule has 2 atom stereocenters. The first kappa shape index (κ1) is 46.9. The van der Waals surface area contributed by atoms with E-state index in [1.54, 1.807) is 5.57 Å². The van der Waals surface area contributed by atoms with Crippen LogP contribution in [0.2, 0.25) is 0 Å². The molecule has 0 bridgehead atoms. The van der Waals surface area contributed by atoms with Crippen LogP contribution in [0.3, 0.4) is 0 Å². The fourth-order valence-corrected chi connectivity index (χ4v) is 9.51. The highest BCUT2D eigenvalue weighted by molar-refractivity contribution is 7.19. The van der Waals surface area contributed by atoms with Gasteiger partial charge in [-0.1, -0.05) is 187 Å². The summed E-state index contributed by atoms with van der Waals surface area (Å²) in [5.74, 6) is 0. The first-order valence-electron chi connectivity index (χ1n) is 22.1. The van der Waals surface area contributed by atoms with Gasteiger partial charge < -0.3 is 10.2 Å². The lowest BCUT2D eigenvalue weighted by Crippen LogP contribution is -2.50. The molecule has 0 fully saturated rings. The van der Waals surface area contributed by atoms with E-state index in [2.05, 4.69) is 202 Å². The lowest BCUT2D eigenvalue weighted by molar-refractivity contribution is 0.412. The lowest BCUT2D eigenvalue weighted by Gasteiger charge is -2.40. The number of hydrogen-bond acceptors (Lipinski definition) is 3. The quantitative estimate of drug-likeness (QED) is 0.161. The predicted molar refractivity (Wildman–Crippen MR) is 259 cm³/mol. The number of allylic oxidation sites excluding steroid dienone is 7. The molecule has 0 saturated carbocycles. The summed E-state index contributed by atoms with van der Waals surface area (Å²) in [6, 6.07) is 7.55. The standard InChI is InChI=1S/C53H81BN2S/c1-20-23-39(53(18,19)21-2)32-44-37(5)56(29-22-28-49(6,7)8)34-45(54(44)46-35-57-48-27-24-38(31-41(46)48)50(9,10)11)47(30-36(3)4)55-40-25-26-42(51(12,13)14)43(33-40)52(15,16)17/h22,24,26-28,31-35,40,47,55H,3,20-21,23,25,29-30H2,1-2,4-19H3/b28-22+,39-32+. The normalized spacial score (nSPS) is 18.7. The van der Waals surface area contributed by atoms with Crippen molar-refractivity contribution in [2.75, 3.05) is 6.54 Å². The van der Waals surface area contributed by atoms with Gasteiger partial charge in [0.15, 0.2) is 0 Å². The Hall–Kier alpha value is -2.82. The number of hydrogen-bond donors (Lipinski definition) is 1. The fraction of sp³-hybridized carbons (Fsp3) is 0.585. The van der Waals surface area contributed by atoms with E-state index < -0.39 is 0 Å². The molecule has 0 amide bonds. The van der Waals surface area contributed by atoms with E-state index >= 15 is 0 Å². The van der Waals surface area contributed by atoms with Crippen LogP contribution in [0.4, 0.5) is 0 Å². The van der Waals surface area contributed by atoms with Crippen LogP contribution in [-0.2, 0) is 5.41 Å². The summed E-state index contributed by atoms with van der Waals surface area (Å²) in [4.78, 5) is 2.56. The van der Waals surface area contributed by atoms with Gasteiger partial charge >= 0.3 is 0 Å². The Morgan fingerprint density at radius 2 is 1.60 bits per heavy atom. The molecule has 2 unspecified atom stereocenters. The second-order valence-electron chi connectivity index (χ2n) is 22.3. The van der Waals surface area contributed by atoms with Gasteiger partial charge in [0.1, 0.15) is 0 Å². The number of fused-ring (bicyclic) bond motifs is 1. The highest BCUT2D eigenvalue weighted by atomic mass is 32.1. The summed E-state index contributed by atoms with van der Waals surface area (Å²) >= 11 is 1.91. The number of benzene rings is 1. The zero-order valence-electron chi connectivity index (χ0n) is 39.8. The largest absolute Gasteiger partial charge is 0.349 e. The second-order valence-corrected chi connectivity index (χ2v) is 23.2. The smallest absolute Gasteiger partial charge is 0.244 e. The minimum atomic E-state index is 0.0477. The molecule has 1 aliphatic carbocycles. The molecule has 0 saturated heterocycles. The van der Waals surface area contributed by atoms with Crippen LogP contribution in [0.25, 0.3) is 10.1 Å². The van der Waals surface area contributed by atoms with Crippen molar-refractivity contribution in [1.82, 2.24) is 10.2 Å². The molecule has 2 heterocycles. The number of nitrogens with zero attached hydrogens (tertiary/aromatic N) is 1.